The van der Waals surface area contributed by atoms with E-state index in [9.17, 15) is 9.90 Å². The van der Waals surface area contributed by atoms with Crippen LogP contribution in [0.5, 0.6) is 0 Å². The summed E-state index contributed by atoms with van der Waals surface area (Å²) in [6, 6.07) is 9.45. The maximum Gasteiger partial charge on any atom is 0.339 e. The predicted octanol–water partition coefficient (Wildman–Crippen LogP) is 3.51. The molecule has 1 heterocycles. The molecule has 0 aromatic heterocycles. The average Bonchev–Trinajstić information content (AvgIpc) is 2.42. The summed E-state index contributed by atoms with van der Waals surface area (Å²) in [7, 11) is 0. The van der Waals surface area contributed by atoms with Gasteiger partial charge < -0.3 is 10.4 Å². The number of thioether (sulfide) groups is 1. The molecular weight excluding hydrogens is 272 g/mol. The van der Waals surface area contributed by atoms with E-state index < -0.39 is 5.97 Å². The van der Waals surface area contributed by atoms with Gasteiger partial charge >= 0.3 is 5.97 Å². The minimum absolute atomic E-state index is 0.216. The topological polar surface area (TPSA) is 61.7 Å². The van der Waals surface area contributed by atoms with Crippen molar-refractivity contribution in [1.29, 1.82) is 0 Å². The van der Waals surface area contributed by atoms with Crippen molar-refractivity contribution in [3.63, 3.8) is 0 Å². The summed E-state index contributed by atoms with van der Waals surface area (Å²) < 4.78 is 0. The van der Waals surface area contributed by atoms with Gasteiger partial charge in [0.15, 0.2) is 0 Å². The predicted molar refractivity (Wildman–Crippen MR) is 84.1 cm³/mol. The van der Waals surface area contributed by atoms with Gasteiger partial charge in [0, 0.05) is 5.69 Å². The molecule has 5 heteroatoms. The third-order valence-corrected chi connectivity index (χ3v) is 3.46. The first-order valence-electron chi connectivity index (χ1n) is 6.29. The monoisotopic (exact) mass is 288 g/mol. The molecule has 1 aliphatic rings. The Kier molecular flexibility index (Phi) is 5.01. The summed E-state index contributed by atoms with van der Waals surface area (Å²) >= 11 is 1.51. The van der Waals surface area contributed by atoms with Crippen molar-refractivity contribution in [2.24, 2.45) is 4.99 Å². The number of para-hydroxylation sites is 1. The Labute approximate surface area is 122 Å². The number of benzene rings is 1. The Morgan fingerprint density at radius 1 is 1.25 bits per heavy atom. The van der Waals surface area contributed by atoms with Crippen LogP contribution >= 0.6 is 11.8 Å². The molecule has 1 aromatic rings. The zero-order valence-corrected chi connectivity index (χ0v) is 12.0. The van der Waals surface area contributed by atoms with Crippen molar-refractivity contribution < 1.29 is 9.90 Å². The number of carboxylic acid groups (broad SMARTS) is 1. The van der Waals surface area contributed by atoms with Gasteiger partial charge in [-0.2, -0.15) is 0 Å². The number of hydrogen-bond donors (Lipinski definition) is 2. The minimum Gasteiger partial charge on any atom is -0.478 e. The van der Waals surface area contributed by atoms with E-state index >= 15 is 0 Å². The van der Waals surface area contributed by atoms with Crippen molar-refractivity contribution in [2.45, 2.75) is 12.8 Å². The van der Waals surface area contributed by atoms with E-state index in [2.05, 4.69) is 10.3 Å². The van der Waals surface area contributed by atoms with Crippen LogP contribution in [0.4, 0.5) is 5.69 Å². The molecule has 0 amide bonds. The highest BCUT2D eigenvalue weighted by Gasteiger charge is 2.17. The van der Waals surface area contributed by atoms with E-state index in [1.165, 1.54) is 11.8 Å². The molecule has 2 rings (SSSR count). The number of anilines is 1. The first-order valence-corrected chi connectivity index (χ1v) is 7.52. The van der Waals surface area contributed by atoms with Crippen LogP contribution in [0.3, 0.4) is 0 Å². The molecule has 2 N–H and O–H groups in total. The molecule has 0 spiro atoms. The van der Waals surface area contributed by atoms with E-state index in [0.717, 1.165) is 17.1 Å². The molecule has 1 aromatic carbocycles. The number of aliphatic carboxylic acids is 1. The number of hydrogen-bond acceptors (Lipinski definition) is 4. The van der Waals surface area contributed by atoms with E-state index in [1.54, 1.807) is 6.08 Å². The number of nitrogens with zero attached hydrogens (tertiary/aromatic N) is 1. The summed E-state index contributed by atoms with van der Waals surface area (Å²) in [4.78, 5) is 15.8. The van der Waals surface area contributed by atoms with Crippen LogP contribution in [-0.2, 0) is 4.79 Å². The third-order valence-electron chi connectivity index (χ3n) is 2.79. The molecule has 0 radical (unpaired) electrons. The average molecular weight is 288 g/mol. The summed E-state index contributed by atoms with van der Waals surface area (Å²) in [5, 5.41) is 13.3. The molecule has 0 unspecified atom stereocenters. The Bertz CT molecular complexity index is 577. The second kappa shape index (κ2) is 6.96. The fourth-order valence-corrected chi connectivity index (χ4v) is 2.29. The van der Waals surface area contributed by atoms with Crippen molar-refractivity contribution in [1.82, 2.24) is 0 Å². The Balaban J connectivity index is 2.37. The molecule has 0 fully saturated rings. The van der Waals surface area contributed by atoms with Crippen LogP contribution in [0.15, 0.2) is 58.1 Å². The zero-order valence-electron chi connectivity index (χ0n) is 11.2. The van der Waals surface area contributed by atoms with Gasteiger partial charge in [-0.1, -0.05) is 30.4 Å². The van der Waals surface area contributed by atoms with E-state index in [-0.39, 0.29) is 5.57 Å². The molecule has 0 saturated heterocycles. The molecular formula is C15H16N2O2S. The van der Waals surface area contributed by atoms with Gasteiger partial charge in [-0.3, -0.25) is 0 Å². The van der Waals surface area contributed by atoms with Crippen molar-refractivity contribution in [3.05, 3.63) is 53.1 Å². The van der Waals surface area contributed by atoms with E-state index in [1.807, 2.05) is 42.7 Å². The van der Waals surface area contributed by atoms with Crippen LogP contribution in [0, 0.1) is 0 Å². The number of nitrogens with one attached hydrogen (secondary N) is 1. The maximum atomic E-state index is 11.4. The quantitative estimate of drug-likeness (QED) is 0.893. The first kappa shape index (κ1) is 14.4. The largest absolute Gasteiger partial charge is 0.478 e. The second-order valence-corrected chi connectivity index (χ2v) is 5.02. The van der Waals surface area contributed by atoms with Crippen LogP contribution < -0.4 is 5.32 Å². The normalized spacial score (nSPS) is 15.3. The lowest BCUT2D eigenvalue weighted by Gasteiger charge is -2.13. The molecule has 104 valence electrons. The first-order chi connectivity index (χ1) is 9.70. The lowest BCUT2D eigenvalue weighted by Crippen LogP contribution is -2.21. The molecule has 0 atom stereocenters. The number of carbonyl (C=O) groups is 1. The highest BCUT2D eigenvalue weighted by atomic mass is 32.2. The van der Waals surface area contributed by atoms with Crippen molar-refractivity contribution in [2.75, 3.05) is 11.6 Å². The maximum absolute atomic E-state index is 11.4. The van der Waals surface area contributed by atoms with E-state index in [0.29, 0.717) is 12.3 Å². The summed E-state index contributed by atoms with van der Waals surface area (Å²) in [5.41, 5.74) is 1.04. The van der Waals surface area contributed by atoms with Gasteiger partial charge in [-0.15, -0.1) is 11.8 Å². The number of allylic oxidation sites excluding steroid dienone is 2. The lowest BCUT2D eigenvalue weighted by atomic mass is 10.1. The second-order valence-electron chi connectivity index (χ2n) is 4.20. The Hall–Kier alpha value is -2.01. The highest BCUT2D eigenvalue weighted by Crippen LogP contribution is 2.20. The fourth-order valence-electron chi connectivity index (χ4n) is 1.82. The molecule has 20 heavy (non-hydrogen) atoms. The molecule has 0 aliphatic carbocycles. The summed E-state index contributed by atoms with van der Waals surface area (Å²) in [6.07, 6.45) is 7.16. The van der Waals surface area contributed by atoms with E-state index in [4.69, 9.17) is 0 Å². The van der Waals surface area contributed by atoms with Gasteiger partial charge in [-0.25, -0.2) is 9.79 Å². The summed E-state index contributed by atoms with van der Waals surface area (Å²) in [5.74, 6) is -0.585. The molecule has 4 nitrogen and oxygen atoms in total. The van der Waals surface area contributed by atoms with Gasteiger partial charge in [0.25, 0.3) is 0 Å². The Morgan fingerprint density at radius 3 is 2.60 bits per heavy atom. The number of rotatable bonds is 3. The van der Waals surface area contributed by atoms with Crippen LogP contribution in [0.2, 0.25) is 0 Å². The van der Waals surface area contributed by atoms with Crippen LogP contribution in [0.1, 0.15) is 12.8 Å². The Morgan fingerprint density at radius 2 is 1.95 bits per heavy atom. The molecule has 0 bridgehead atoms. The zero-order chi connectivity index (χ0) is 14.4. The number of aliphatic imine (C=N–C) groups is 1. The fraction of sp³-hybridized carbons (Fsp3) is 0.200. The van der Waals surface area contributed by atoms with Crippen molar-refractivity contribution >= 4 is 29.3 Å². The van der Waals surface area contributed by atoms with Gasteiger partial charge in [0.2, 0.25) is 0 Å². The highest BCUT2D eigenvalue weighted by molar-refractivity contribution is 8.02. The van der Waals surface area contributed by atoms with Crippen molar-refractivity contribution in [3.8, 4) is 0 Å². The lowest BCUT2D eigenvalue weighted by molar-refractivity contribution is -0.132. The standard InChI is InChI=1S/C15H16N2O2S/c1-20-13-10-6-5-9-12(15(18)19)14(17-13)16-11-7-3-2-4-8-11/h2-4,7-10H,5-6H2,1H3,(H,16,17)(H,18,19). The van der Waals surface area contributed by atoms with Gasteiger partial charge in [-0.05, 0) is 31.2 Å². The minimum atomic E-state index is -0.963. The number of carboxylic acids is 1. The SMILES string of the molecule is CSC1=CCCC=C(C(=O)O)C(Nc2ccccc2)=N1. The smallest absolute Gasteiger partial charge is 0.339 e. The van der Waals surface area contributed by atoms with Gasteiger partial charge in [0.05, 0.1) is 10.6 Å². The third kappa shape index (κ3) is 3.74. The number of amidine groups is 1. The van der Waals surface area contributed by atoms with Gasteiger partial charge in [0.1, 0.15) is 5.84 Å². The molecule has 0 saturated carbocycles. The van der Waals surface area contributed by atoms with Crippen LogP contribution in [0.25, 0.3) is 0 Å². The molecule has 1 aliphatic heterocycles. The van der Waals surface area contributed by atoms with Crippen LogP contribution in [-0.4, -0.2) is 23.2 Å². The summed E-state index contributed by atoms with van der Waals surface area (Å²) in [6.45, 7) is 0.